The van der Waals surface area contributed by atoms with Crippen LogP contribution >= 0.6 is 22.7 Å². The van der Waals surface area contributed by atoms with E-state index < -0.39 is 0 Å². The first-order valence-corrected chi connectivity index (χ1v) is 15.6. The van der Waals surface area contributed by atoms with Crippen molar-refractivity contribution in [2.45, 2.75) is 78.1 Å². The van der Waals surface area contributed by atoms with E-state index in [1.165, 1.54) is 126 Å². The Kier molecular flexibility index (Phi) is 7.00. The average molecular weight is 509 g/mol. The van der Waals surface area contributed by atoms with E-state index in [1.54, 1.807) is 0 Å². The topological polar surface area (TPSA) is 0 Å². The minimum atomic E-state index is 1.22. The molecule has 0 aliphatic heterocycles. The normalized spacial score (nSPS) is 12.2. The maximum absolute atomic E-state index is 2.46. The molecule has 0 amide bonds. The van der Waals surface area contributed by atoms with E-state index in [9.17, 15) is 0 Å². The Bertz CT molecular complexity index is 1540. The van der Waals surface area contributed by atoms with Crippen molar-refractivity contribution in [3.8, 4) is 0 Å². The van der Waals surface area contributed by atoms with Crippen molar-refractivity contribution in [3.05, 3.63) is 70.4 Å². The van der Waals surface area contributed by atoms with Gasteiger partial charge in [0.1, 0.15) is 0 Å². The average Bonchev–Trinajstić information content (AvgIpc) is 3.48. The van der Waals surface area contributed by atoms with Crippen LogP contribution in [0.2, 0.25) is 0 Å². The molecule has 0 saturated heterocycles. The molecule has 0 spiro atoms. The summed E-state index contributed by atoms with van der Waals surface area (Å²) in [6, 6.07) is 24.0. The molecule has 6 aromatic rings. The lowest BCUT2D eigenvalue weighted by Gasteiger charge is -2.08. The van der Waals surface area contributed by atoms with Gasteiger partial charge in [-0.15, -0.1) is 22.7 Å². The Morgan fingerprint density at radius 1 is 0.444 bits per heavy atom. The Balaban J connectivity index is 1.38. The summed E-state index contributed by atoms with van der Waals surface area (Å²) in [5, 5.41) is 11.1. The molecule has 0 atom stereocenters. The van der Waals surface area contributed by atoms with Gasteiger partial charge in [-0.1, -0.05) is 76.6 Å². The zero-order valence-electron chi connectivity index (χ0n) is 21.7. The van der Waals surface area contributed by atoms with E-state index >= 15 is 0 Å². The third-order valence-corrected chi connectivity index (χ3v) is 10.1. The van der Waals surface area contributed by atoms with Gasteiger partial charge in [0.15, 0.2) is 0 Å². The highest BCUT2D eigenvalue weighted by Gasteiger charge is 2.11. The van der Waals surface area contributed by atoms with Gasteiger partial charge in [-0.2, -0.15) is 0 Å². The molecule has 0 saturated carbocycles. The van der Waals surface area contributed by atoms with Gasteiger partial charge in [0.05, 0.1) is 0 Å². The van der Waals surface area contributed by atoms with Crippen LogP contribution in [-0.2, 0) is 12.8 Å². The molecule has 2 heterocycles. The quantitative estimate of drug-likeness (QED) is 0.127. The largest absolute Gasteiger partial charge is 0.140 e. The summed E-state index contributed by atoms with van der Waals surface area (Å²) in [5.41, 5.74) is 0. The standard InChI is InChI=1S/C34H36S2/c1-3-5-7-9-11-27-19-25-17-23-13-15-30-29(31(23)21-33(25)35-27)16-14-24-18-26-20-28(12-10-8-6-4-2)36-34(26)22-32(24)30/h13-22H,3-12H2,1-2H3. The first kappa shape index (κ1) is 23.9. The third-order valence-electron chi connectivity index (χ3n) is 7.76. The minimum absolute atomic E-state index is 1.22. The summed E-state index contributed by atoms with van der Waals surface area (Å²) >= 11 is 4.00. The van der Waals surface area contributed by atoms with Crippen LogP contribution in [0.4, 0.5) is 0 Å². The Morgan fingerprint density at radius 2 is 0.917 bits per heavy atom. The SMILES string of the molecule is CCCCCCc1cc2cc3ccc4c5cc6sc(CCCCCC)cc6cc5ccc4c3cc2s1. The molecule has 2 heteroatoms. The molecule has 0 unspecified atom stereocenters. The molecule has 0 aliphatic carbocycles. The molecule has 2 aromatic heterocycles. The smallest absolute Gasteiger partial charge is 0.0352 e. The Morgan fingerprint density at radius 3 is 1.36 bits per heavy atom. The van der Waals surface area contributed by atoms with Crippen LogP contribution in [-0.4, -0.2) is 0 Å². The number of hydrogen-bond acceptors (Lipinski definition) is 2. The molecular weight excluding hydrogens is 473 g/mol. The van der Waals surface area contributed by atoms with E-state index in [0.29, 0.717) is 0 Å². The zero-order chi connectivity index (χ0) is 24.5. The second kappa shape index (κ2) is 10.5. The van der Waals surface area contributed by atoms with E-state index in [-0.39, 0.29) is 0 Å². The van der Waals surface area contributed by atoms with Crippen molar-refractivity contribution in [1.82, 2.24) is 0 Å². The van der Waals surface area contributed by atoms with Crippen molar-refractivity contribution >= 4 is 75.2 Å². The van der Waals surface area contributed by atoms with Crippen LogP contribution in [0.15, 0.2) is 60.7 Å². The van der Waals surface area contributed by atoms with Gasteiger partial charge < -0.3 is 0 Å². The van der Waals surface area contributed by atoms with Crippen molar-refractivity contribution in [2.75, 3.05) is 0 Å². The number of rotatable bonds is 10. The van der Waals surface area contributed by atoms with Gasteiger partial charge in [0.25, 0.3) is 0 Å². The Hall–Kier alpha value is -2.42. The Labute approximate surface area is 222 Å². The first-order chi connectivity index (χ1) is 17.7. The molecule has 0 nitrogen and oxygen atoms in total. The van der Waals surface area contributed by atoms with Gasteiger partial charge in [0.2, 0.25) is 0 Å². The first-order valence-electron chi connectivity index (χ1n) is 14.0. The van der Waals surface area contributed by atoms with Crippen LogP contribution in [0.1, 0.15) is 75.0 Å². The van der Waals surface area contributed by atoms with E-state index in [0.717, 1.165) is 0 Å². The second-order valence-corrected chi connectivity index (χ2v) is 12.8. The molecule has 6 rings (SSSR count). The fraction of sp³-hybridized carbons (Fsp3) is 0.353. The third kappa shape index (κ3) is 4.66. The van der Waals surface area contributed by atoms with Crippen LogP contribution in [0, 0.1) is 0 Å². The lowest BCUT2D eigenvalue weighted by atomic mass is 9.96. The zero-order valence-corrected chi connectivity index (χ0v) is 23.3. The summed E-state index contributed by atoms with van der Waals surface area (Å²) in [6.07, 6.45) is 13.1. The van der Waals surface area contributed by atoms with Gasteiger partial charge >= 0.3 is 0 Å². The van der Waals surface area contributed by atoms with Gasteiger partial charge in [-0.3, -0.25) is 0 Å². The van der Waals surface area contributed by atoms with Crippen LogP contribution in [0.3, 0.4) is 0 Å². The lowest BCUT2D eigenvalue weighted by Crippen LogP contribution is -1.81. The maximum Gasteiger partial charge on any atom is 0.0352 e. The fourth-order valence-corrected chi connectivity index (χ4v) is 8.01. The van der Waals surface area contributed by atoms with E-state index in [1.807, 2.05) is 22.7 Å². The molecule has 36 heavy (non-hydrogen) atoms. The van der Waals surface area contributed by atoms with Crippen molar-refractivity contribution in [3.63, 3.8) is 0 Å². The summed E-state index contributed by atoms with van der Waals surface area (Å²) in [5.74, 6) is 0. The summed E-state index contributed by atoms with van der Waals surface area (Å²) in [4.78, 5) is 3.08. The van der Waals surface area contributed by atoms with Crippen LogP contribution in [0.25, 0.3) is 52.5 Å². The molecule has 0 fully saturated rings. The van der Waals surface area contributed by atoms with Crippen molar-refractivity contribution in [2.24, 2.45) is 0 Å². The number of fused-ring (bicyclic) bond motifs is 7. The molecule has 0 aliphatic rings. The number of unbranched alkanes of at least 4 members (excludes halogenated alkanes) is 6. The molecule has 0 bridgehead atoms. The highest BCUT2D eigenvalue weighted by atomic mass is 32.1. The summed E-state index contributed by atoms with van der Waals surface area (Å²) in [6.45, 7) is 4.57. The highest BCUT2D eigenvalue weighted by Crippen LogP contribution is 2.38. The highest BCUT2D eigenvalue weighted by molar-refractivity contribution is 7.19. The molecular formula is C34H36S2. The van der Waals surface area contributed by atoms with E-state index in [2.05, 4.69) is 74.5 Å². The maximum atomic E-state index is 2.46. The number of thiophene rings is 2. The summed E-state index contributed by atoms with van der Waals surface area (Å²) in [7, 11) is 0. The number of benzene rings is 4. The number of aryl methyl sites for hydroxylation is 2. The monoisotopic (exact) mass is 508 g/mol. The summed E-state index contributed by atoms with van der Waals surface area (Å²) < 4.78 is 2.86. The van der Waals surface area contributed by atoms with Crippen molar-refractivity contribution < 1.29 is 0 Å². The molecule has 0 radical (unpaired) electrons. The van der Waals surface area contributed by atoms with Crippen LogP contribution in [0.5, 0.6) is 0 Å². The minimum Gasteiger partial charge on any atom is -0.140 e. The molecule has 0 N–H and O–H groups in total. The predicted octanol–water partition coefficient (Wildman–Crippen LogP) is 11.8. The predicted molar refractivity (Wildman–Crippen MR) is 165 cm³/mol. The number of hydrogen-bond donors (Lipinski definition) is 0. The fourth-order valence-electron chi connectivity index (χ4n) is 5.76. The van der Waals surface area contributed by atoms with E-state index in [4.69, 9.17) is 0 Å². The van der Waals surface area contributed by atoms with Crippen molar-refractivity contribution in [1.29, 1.82) is 0 Å². The van der Waals surface area contributed by atoms with Crippen LogP contribution < -0.4 is 0 Å². The molecule has 4 aromatic carbocycles. The lowest BCUT2D eigenvalue weighted by molar-refractivity contribution is 0.670. The van der Waals surface area contributed by atoms with Gasteiger partial charge in [0, 0.05) is 19.2 Å². The van der Waals surface area contributed by atoms with Gasteiger partial charge in [-0.05, 0) is 105 Å². The van der Waals surface area contributed by atoms with Gasteiger partial charge in [-0.25, -0.2) is 0 Å². The second-order valence-electron chi connectivity index (χ2n) is 10.5. The molecule has 184 valence electrons.